The Kier molecular flexibility index (Phi) is 6.53. The standard InChI is InChI=1S/C24H23FN6O7/c1-13-18(5-6-22(27-13)37-17-9-29-11-21(31(34)35)28-23(29)36-12-17)19-4-3-15(7-20(19)25)30-10-16(38-24(30)33)8-26-14(2)32/h3-7,11,16-17H,8-10,12H2,1-2H3,(H,26,32). The Hall–Kier alpha value is -4.75. The topological polar surface area (TPSA) is 151 Å². The van der Waals surface area contributed by atoms with Gasteiger partial charge in [0, 0.05) is 34.8 Å². The molecule has 1 fully saturated rings. The zero-order valence-corrected chi connectivity index (χ0v) is 20.4. The predicted molar refractivity (Wildman–Crippen MR) is 129 cm³/mol. The van der Waals surface area contributed by atoms with Crippen LogP contribution in [0, 0.1) is 22.9 Å². The molecule has 0 radical (unpaired) electrons. The smallest absolute Gasteiger partial charge is 0.414 e. The van der Waals surface area contributed by atoms with E-state index >= 15 is 4.39 Å². The molecule has 0 bridgehead atoms. The number of carbonyl (C=O) groups is 2. The second-order valence-electron chi connectivity index (χ2n) is 8.84. The Morgan fingerprint density at radius 2 is 2.05 bits per heavy atom. The van der Waals surface area contributed by atoms with Crippen molar-refractivity contribution >= 4 is 23.5 Å². The third-order valence-corrected chi connectivity index (χ3v) is 6.07. The minimum absolute atomic E-state index is 0.136. The highest BCUT2D eigenvalue weighted by molar-refractivity contribution is 5.90. The Labute approximate surface area is 215 Å². The summed E-state index contributed by atoms with van der Waals surface area (Å²) in [5.41, 5.74) is 1.69. The van der Waals surface area contributed by atoms with Crippen molar-refractivity contribution in [1.82, 2.24) is 19.9 Å². The van der Waals surface area contributed by atoms with Crippen molar-refractivity contribution in [3.05, 3.63) is 58.2 Å². The van der Waals surface area contributed by atoms with E-state index in [2.05, 4.69) is 15.3 Å². The molecule has 2 unspecified atom stereocenters. The van der Waals surface area contributed by atoms with E-state index in [1.165, 1.54) is 28.7 Å². The average Bonchev–Trinajstić information content (AvgIpc) is 3.46. The van der Waals surface area contributed by atoms with Crippen molar-refractivity contribution < 1.29 is 33.1 Å². The number of halogens is 1. The lowest BCUT2D eigenvalue weighted by Crippen LogP contribution is -2.34. The van der Waals surface area contributed by atoms with Crippen molar-refractivity contribution in [1.29, 1.82) is 0 Å². The number of hydrogen-bond donors (Lipinski definition) is 1. The second kappa shape index (κ2) is 9.95. The molecule has 1 N–H and O–H groups in total. The maximum Gasteiger partial charge on any atom is 0.414 e. The third-order valence-electron chi connectivity index (χ3n) is 6.07. The van der Waals surface area contributed by atoms with Crippen LogP contribution in [0.15, 0.2) is 36.5 Å². The van der Waals surface area contributed by atoms with E-state index in [0.29, 0.717) is 34.9 Å². The van der Waals surface area contributed by atoms with Crippen LogP contribution in [0.5, 0.6) is 11.9 Å². The number of aryl methyl sites for hydroxylation is 1. The molecule has 1 saturated heterocycles. The minimum atomic E-state index is -0.615. The molecule has 5 rings (SSSR count). The number of imidazole rings is 1. The highest BCUT2D eigenvalue weighted by Crippen LogP contribution is 2.32. The van der Waals surface area contributed by atoms with Gasteiger partial charge in [-0.25, -0.2) is 14.2 Å². The van der Waals surface area contributed by atoms with Crippen LogP contribution in [0.4, 0.5) is 20.7 Å². The van der Waals surface area contributed by atoms with Gasteiger partial charge in [-0.1, -0.05) is 0 Å². The molecule has 0 saturated carbocycles. The number of amides is 2. The van der Waals surface area contributed by atoms with Crippen LogP contribution in [0.25, 0.3) is 11.1 Å². The molecule has 13 nitrogen and oxygen atoms in total. The second-order valence-corrected chi connectivity index (χ2v) is 8.84. The van der Waals surface area contributed by atoms with Gasteiger partial charge in [0.15, 0.2) is 6.10 Å². The number of hydrogen-bond acceptors (Lipinski definition) is 9. The number of ether oxygens (including phenoxy) is 3. The summed E-state index contributed by atoms with van der Waals surface area (Å²) in [5, 5.41) is 13.5. The summed E-state index contributed by atoms with van der Waals surface area (Å²) in [6.07, 6.45) is -0.321. The van der Waals surface area contributed by atoms with E-state index in [9.17, 15) is 19.7 Å². The summed E-state index contributed by atoms with van der Waals surface area (Å²) in [5.74, 6) is -0.798. The van der Waals surface area contributed by atoms with Crippen LogP contribution < -0.4 is 19.7 Å². The molecule has 38 heavy (non-hydrogen) atoms. The summed E-state index contributed by atoms with van der Waals surface area (Å²) >= 11 is 0. The van der Waals surface area contributed by atoms with Crippen LogP contribution in [0.1, 0.15) is 12.6 Å². The number of anilines is 1. The minimum Gasteiger partial charge on any atom is -0.469 e. The number of nitrogens with one attached hydrogen (secondary N) is 1. The number of carbonyl (C=O) groups excluding carboxylic acids is 2. The Bertz CT molecular complexity index is 1430. The monoisotopic (exact) mass is 526 g/mol. The highest BCUT2D eigenvalue weighted by Gasteiger charge is 2.33. The van der Waals surface area contributed by atoms with Gasteiger partial charge in [0.2, 0.25) is 11.8 Å². The van der Waals surface area contributed by atoms with Gasteiger partial charge in [-0.05, 0) is 36.1 Å². The number of aromatic nitrogens is 3. The molecular weight excluding hydrogens is 503 g/mol. The fourth-order valence-corrected chi connectivity index (χ4v) is 4.28. The lowest BCUT2D eigenvalue weighted by Gasteiger charge is -2.23. The van der Waals surface area contributed by atoms with E-state index in [1.54, 1.807) is 31.2 Å². The Morgan fingerprint density at radius 1 is 1.26 bits per heavy atom. The van der Waals surface area contributed by atoms with Crippen LogP contribution in [-0.2, 0) is 16.1 Å². The van der Waals surface area contributed by atoms with Gasteiger partial charge in [0.05, 0.1) is 25.3 Å². The molecule has 2 aliphatic rings. The average molecular weight is 526 g/mol. The molecule has 14 heteroatoms. The van der Waals surface area contributed by atoms with Gasteiger partial charge in [-0.3, -0.25) is 14.3 Å². The maximum atomic E-state index is 15.2. The first kappa shape index (κ1) is 24.9. The number of fused-ring (bicyclic) bond motifs is 1. The number of rotatable bonds is 7. The van der Waals surface area contributed by atoms with E-state index in [0.717, 1.165) is 0 Å². The molecule has 198 valence electrons. The number of benzene rings is 1. The van der Waals surface area contributed by atoms with Crippen molar-refractivity contribution in [2.75, 3.05) is 24.6 Å². The molecule has 4 heterocycles. The van der Waals surface area contributed by atoms with Crippen LogP contribution in [0.3, 0.4) is 0 Å². The maximum absolute atomic E-state index is 15.2. The largest absolute Gasteiger partial charge is 0.469 e. The van der Waals surface area contributed by atoms with Gasteiger partial charge < -0.3 is 29.6 Å². The van der Waals surface area contributed by atoms with E-state index in [4.69, 9.17) is 14.2 Å². The van der Waals surface area contributed by atoms with Gasteiger partial charge in [0.1, 0.15) is 24.7 Å². The zero-order valence-electron chi connectivity index (χ0n) is 20.4. The van der Waals surface area contributed by atoms with Gasteiger partial charge in [0.25, 0.3) is 0 Å². The lowest BCUT2D eigenvalue weighted by molar-refractivity contribution is -0.389. The van der Waals surface area contributed by atoms with Crippen LogP contribution in [0.2, 0.25) is 0 Å². The van der Waals surface area contributed by atoms with E-state index in [1.807, 2.05) is 0 Å². The molecule has 2 aliphatic heterocycles. The van der Waals surface area contributed by atoms with E-state index < -0.39 is 29.0 Å². The van der Waals surface area contributed by atoms with Gasteiger partial charge >= 0.3 is 17.9 Å². The number of cyclic esters (lactones) is 1. The normalized spacial score (nSPS) is 18.4. The number of nitro groups is 1. The third kappa shape index (κ3) is 5.05. The molecule has 2 amide bonds. The predicted octanol–water partition coefficient (Wildman–Crippen LogP) is 2.60. The zero-order chi connectivity index (χ0) is 27.0. The van der Waals surface area contributed by atoms with Crippen molar-refractivity contribution in [3.63, 3.8) is 0 Å². The van der Waals surface area contributed by atoms with Crippen molar-refractivity contribution in [2.24, 2.45) is 0 Å². The molecule has 2 aromatic heterocycles. The first-order valence-corrected chi connectivity index (χ1v) is 11.7. The molecule has 0 spiro atoms. The highest BCUT2D eigenvalue weighted by atomic mass is 19.1. The first-order chi connectivity index (χ1) is 18.2. The summed E-state index contributed by atoms with van der Waals surface area (Å²) in [6, 6.07) is 7.87. The van der Waals surface area contributed by atoms with E-state index in [-0.39, 0.29) is 37.4 Å². The Morgan fingerprint density at radius 3 is 2.76 bits per heavy atom. The fraction of sp³-hybridized carbons (Fsp3) is 0.333. The Balaban J connectivity index is 1.27. The number of pyridine rings is 1. The van der Waals surface area contributed by atoms with Crippen molar-refractivity contribution in [2.45, 2.75) is 32.6 Å². The summed E-state index contributed by atoms with van der Waals surface area (Å²) in [6.45, 7) is 3.87. The number of nitrogens with zero attached hydrogens (tertiary/aromatic N) is 5. The summed E-state index contributed by atoms with van der Waals surface area (Å²) < 4.78 is 33.2. The fourth-order valence-electron chi connectivity index (χ4n) is 4.28. The van der Waals surface area contributed by atoms with Crippen LogP contribution >= 0.6 is 0 Å². The molecule has 1 aromatic carbocycles. The molecule has 2 atom stereocenters. The van der Waals surface area contributed by atoms with Crippen LogP contribution in [-0.4, -0.2) is 63.4 Å². The van der Waals surface area contributed by atoms with Gasteiger partial charge in [-0.15, -0.1) is 0 Å². The summed E-state index contributed by atoms with van der Waals surface area (Å²) in [7, 11) is 0. The molecular formula is C24H23FN6O7. The van der Waals surface area contributed by atoms with Gasteiger partial charge in [-0.2, -0.15) is 0 Å². The summed E-state index contributed by atoms with van der Waals surface area (Å²) in [4.78, 5) is 43.2. The SMILES string of the molecule is CC(=O)NCC1CN(c2ccc(-c3ccc(OC4COc5nc([N+](=O)[O-])cn5C4)nc3C)c(F)c2)C(=O)O1. The molecule has 0 aliphatic carbocycles. The first-order valence-electron chi connectivity index (χ1n) is 11.7. The molecule has 3 aromatic rings. The quantitative estimate of drug-likeness (QED) is 0.362. The van der Waals surface area contributed by atoms with Crippen molar-refractivity contribution in [3.8, 4) is 23.0 Å². The lowest BCUT2D eigenvalue weighted by atomic mass is 10.0.